The average Bonchev–Trinajstić information content (AvgIpc) is 3.32. The largest absolute Gasteiger partial charge is 0.309 e. The van der Waals surface area contributed by atoms with E-state index < -0.39 is 15.8 Å². The van der Waals surface area contributed by atoms with E-state index in [-0.39, 0.29) is 22.9 Å². The molecule has 10 heteroatoms. The molecule has 0 radical (unpaired) electrons. The Bertz CT molecular complexity index is 1470. The van der Waals surface area contributed by atoms with Gasteiger partial charge in [-0.25, -0.2) is 17.8 Å². The molecule has 0 unspecified atom stereocenters. The zero-order chi connectivity index (χ0) is 26.6. The molecule has 4 aromatic rings. The van der Waals surface area contributed by atoms with Gasteiger partial charge in [0.05, 0.1) is 15.3 Å². The molecule has 4 rings (SSSR count). The van der Waals surface area contributed by atoms with Crippen LogP contribution in [-0.2, 0) is 10.0 Å². The molecular formula is C27H29FN4O3S2. The lowest BCUT2D eigenvalue weighted by Crippen LogP contribution is -2.33. The van der Waals surface area contributed by atoms with Crippen LogP contribution in [0.4, 0.5) is 15.2 Å². The fraction of sp³-hybridized carbons (Fsp3) is 0.259. The number of benzene rings is 3. The predicted molar refractivity (Wildman–Crippen MR) is 148 cm³/mol. The Kier molecular flexibility index (Phi) is 8.21. The Balaban J connectivity index is 1.63. The lowest BCUT2D eigenvalue weighted by molar-refractivity contribution is 0.0986. The van der Waals surface area contributed by atoms with Gasteiger partial charge in [0, 0.05) is 18.7 Å². The number of anilines is 2. The minimum Gasteiger partial charge on any atom is -0.309 e. The van der Waals surface area contributed by atoms with Gasteiger partial charge in [0.15, 0.2) is 5.13 Å². The van der Waals surface area contributed by atoms with E-state index in [2.05, 4.69) is 4.98 Å². The van der Waals surface area contributed by atoms with Crippen LogP contribution in [-0.4, -0.2) is 57.9 Å². The number of carbonyl (C=O) groups excluding carboxylic acids is 1. The molecule has 0 atom stereocenters. The van der Waals surface area contributed by atoms with E-state index in [0.29, 0.717) is 34.0 Å². The second kappa shape index (κ2) is 11.4. The molecule has 0 aliphatic rings. The maximum absolute atomic E-state index is 14.3. The number of rotatable bonds is 10. The quantitative estimate of drug-likeness (QED) is 0.275. The molecule has 1 aromatic heterocycles. The smallest absolute Gasteiger partial charge is 0.264 e. The highest BCUT2D eigenvalue weighted by atomic mass is 32.2. The summed E-state index contributed by atoms with van der Waals surface area (Å²) >= 11 is 1.25. The number of carbonyl (C=O) groups is 1. The highest BCUT2D eigenvalue weighted by Gasteiger charge is 2.26. The lowest BCUT2D eigenvalue weighted by Gasteiger charge is -2.23. The van der Waals surface area contributed by atoms with Crippen LogP contribution in [0, 0.1) is 5.82 Å². The van der Waals surface area contributed by atoms with Gasteiger partial charge >= 0.3 is 0 Å². The van der Waals surface area contributed by atoms with Crippen LogP contribution in [0.1, 0.15) is 23.7 Å². The maximum atomic E-state index is 14.3. The van der Waals surface area contributed by atoms with Crippen LogP contribution < -0.4 is 9.21 Å². The Hall–Kier alpha value is -3.34. The number of fused-ring (bicyclic) bond motifs is 1. The third kappa shape index (κ3) is 5.82. The minimum absolute atomic E-state index is 0.0935. The summed E-state index contributed by atoms with van der Waals surface area (Å²) in [5.41, 5.74) is 1.13. The molecule has 0 N–H and O–H groups in total. The van der Waals surface area contributed by atoms with Crippen molar-refractivity contribution < 1.29 is 17.6 Å². The van der Waals surface area contributed by atoms with Crippen molar-refractivity contribution in [1.82, 2.24) is 9.88 Å². The van der Waals surface area contributed by atoms with Crippen LogP contribution in [0.3, 0.4) is 0 Å². The number of thiazole rings is 1. The van der Waals surface area contributed by atoms with Crippen LogP contribution >= 0.6 is 11.3 Å². The summed E-state index contributed by atoms with van der Waals surface area (Å²) < 4.78 is 42.9. The van der Waals surface area contributed by atoms with E-state index in [9.17, 15) is 17.6 Å². The summed E-state index contributed by atoms with van der Waals surface area (Å²) in [5, 5.41) is 0.404. The van der Waals surface area contributed by atoms with Crippen LogP contribution in [0.25, 0.3) is 10.2 Å². The van der Waals surface area contributed by atoms with Gasteiger partial charge in [0.2, 0.25) is 0 Å². The highest BCUT2D eigenvalue weighted by Crippen LogP contribution is 2.31. The number of hydrogen-bond donors (Lipinski definition) is 0. The second-order valence-corrected chi connectivity index (χ2v) is 11.6. The summed E-state index contributed by atoms with van der Waals surface area (Å²) in [6.07, 6.45) is 0.687. The first-order valence-electron chi connectivity index (χ1n) is 11.9. The van der Waals surface area contributed by atoms with Crippen LogP contribution in [0.5, 0.6) is 0 Å². The highest BCUT2D eigenvalue weighted by molar-refractivity contribution is 7.92. The monoisotopic (exact) mass is 540 g/mol. The van der Waals surface area contributed by atoms with E-state index in [1.54, 1.807) is 48.2 Å². The van der Waals surface area contributed by atoms with E-state index in [1.807, 2.05) is 25.1 Å². The van der Waals surface area contributed by atoms with Gasteiger partial charge in [-0.15, -0.1) is 0 Å². The zero-order valence-corrected chi connectivity index (χ0v) is 22.6. The average molecular weight is 541 g/mol. The predicted octanol–water partition coefficient (Wildman–Crippen LogP) is 5.25. The minimum atomic E-state index is -3.81. The SMILES string of the molecule is CCN(c1ccccc1)S(=O)(=O)c1ccc(C(=O)N(CCCN(C)C)c2nc3c(F)cccc3s2)cc1. The summed E-state index contributed by atoms with van der Waals surface area (Å²) in [5.74, 6) is -0.758. The third-order valence-corrected chi connectivity index (χ3v) is 8.80. The number of halogens is 1. The van der Waals surface area contributed by atoms with Crippen LogP contribution in [0.15, 0.2) is 77.7 Å². The van der Waals surface area contributed by atoms with Gasteiger partial charge in [0.25, 0.3) is 15.9 Å². The van der Waals surface area contributed by atoms with Gasteiger partial charge in [-0.05, 0) is 82.5 Å². The molecule has 0 bridgehead atoms. The van der Waals surface area contributed by atoms with Crippen molar-refractivity contribution in [2.75, 3.05) is 42.9 Å². The van der Waals surface area contributed by atoms with Gasteiger partial charge in [-0.3, -0.25) is 14.0 Å². The van der Waals surface area contributed by atoms with Crippen molar-refractivity contribution in [3.8, 4) is 0 Å². The first-order chi connectivity index (χ1) is 17.7. The number of sulfonamides is 1. The van der Waals surface area contributed by atoms with E-state index >= 15 is 0 Å². The summed E-state index contributed by atoms with van der Waals surface area (Å²) in [4.78, 5) is 21.6. The Labute approximate surface area is 220 Å². The van der Waals surface area contributed by atoms with E-state index in [0.717, 1.165) is 6.54 Å². The molecule has 0 spiro atoms. The molecule has 0 fully saturated rings. The first kappa shape index (κ1) is 26.7. The van der Waals surface area contributed by atoms with Gasteiger partial charge < -0.3 is 4.90 Å². The van der Waals surface area contributed by atoms with Crippen molar-refractivity contribution in [1.29, 1.82) is 0 Å². The molecule has 1 heterocycles. The lowest BCUT2D eigenvalue weighted by atomic mass is 10.2. The molecular weight excluding hydrogens is 511 g/mol. The van der Waals surface area contributed by atoms with Crippen molar-refractivity contribution in [2.24, 2.45) is 0 Å². The summed E-state index contributed by atoms with van der Waals surface area (Å²) in [7, 11) is 0.0897. The van der Waals surface area contributed by atoms with Crippen molar-refractivity contribution in [3.05, 3.63) is 84.2 Å². The molecule has 0 aliphatic carbocycles. The zero-order valence-electron chi connectivity index (χ0n) is 21.0. The van der Waals surface area contributed by atoms with Gasteiger partial charge in [0.1, 0.15) is 11.3 Å². The van der Waals surface area contributed by atoms with Crippen molar-refractivity contribution >= 4 is 48.3 Å². The second-order valence-electron chi connectivity index (χ2n) is 8.73. The van der Waals surface area contributed by atoms with Crippen LogP contribution in [0.2, 0.25) is 0 Å². The standard InChI is InChI=1S/C27H29FN4O3S2/c1-4-32(21-10-6-5-7-11-21)37(34,35)22-16-14-20(15-17-22)26(33)31(19-9-18-30(2)3)27-29-25-23(28)12-8-13-24(25)36-27/h5-8,10-17H,4,9,18-19H2,1-3H3. The number of amides is 1. The number of nitrogens with zero attached hydrogens (tertiary/aromatic N) is 4. The fourth-order valence-electron chi connectivity index (χ4n) is 3.99. The molecule has 0 saturated carbocycles. The number of hydrogen-bond acceptors (Lipinski definition) is 6. The Morgan fingerprint density at radius 1 is 0.946 bits per heavy atom. The molecule has 3 aromatic carbocycles. The number of para-hydroxylation sites is 2. The van der Waals surface area contributed by atoms with E-state index in [1.165, 1.54) is 46.0 Å². The molecule has 194 valence electrons. The first-order valence-corrected chi connectivity index (χ1v) is 14.2. The maximum Gasteiger partial charge on any atom is 0.264 e. The number of aromatic nitrogens is 1. The van der Waals surface area contributed by atoms with Gasteiger partial charge in [-0.1, -0.05) is 35.6 Å². The van der Waals surface area contributed by atoms with Crippen molar-refractivity contribution in [2.45, 2.75) is 18.2 Å². The molecule has 0 saturated heterocycles. The Morgan fingerprint density at radius 2 is 1.65 bits per heavy atom. The van der Waals surface area contributed by atoms with Gasteiger partial charge in [-0.2, -0.15) is 0 Å². The Morgan fingerprint density at radius 3 is 2.27 bits per heavy atom. The summed E-state index contributed by atoms with van der Waals surface area (Å²) in [6.45, 7) is 3.18. The molecule has 0 aliphatic heterocycles. The van der Waals surface area contributed by atoms with Crippen molar-refractivity contribution in [3.63, 3.8) is 0 Å². The fourth-order valence-corrected chi connectivity index (χ4v) is 6.46. The normalized spacial score (nSPS) is 11.7. The molecule has 1 amide bonds. The molecule has 7 nitrogen and oxygen atoms in total. The van der Waals surface area contributed by atoms with E-state index in [4.69, 9.17) is 0 Å². The third-order valence-electron chi connectivity index (χ3n) is 5.84. The summed E-state index contributed by atoms with van der Waals surface area (Å²) in [6, 6.07) is 19.5. The topological polar surface area (TPSA) is 73.8 Å². The molecule has 37 heavy (non-hydrogen) atoms.